The van der Waals surface area contributed by atoms with Crippen molar-refractivity contribution in [3.05, 3.63) is 55.1 Å². The summed E-state index contributed by atoms with van der Waals surface area (Å²) in [6.07, 6.45) is 8.58. The van der Waals surface area contributed by atoms with Crippen molar-refractivity contribution in [2.24, 2.45) is 0 Å². The van der Waals surface area contributed by atoms with Crippen molar-refractivity contribution in [1.82, 2.24) is 0 Å². The molecular formula is C17H18NO+. The van der Waals surface area contributed by atoms with Crippen LogP contribution in [-0.4, -0.2) is 0 Å². The number of rotatable bonds is 4. The molecule has 0 fully saturated rings. The van der Waals surface area contributed by atoms with Gasteiger partial charge >= 0.3 is 0 Å². The van der Waals surface area contributed by atoms with E-state index >= 15 is 0 Å². The molecule has 3 aromatic rings. The number of unbranched alkanes of at least 4 members (excludes halogenated alkanes) is 1. The molecule has 0 amide bonds. The molecule has 0 saturated heterocycles. The maximum absolute atomic E-state index is 5.59. The summed E-state index contributed by atoms with van der Waals surface area (Å²) in [7, 11) is 0. The van der Waals surface area contributed by atoms with Crippen molar-refractivity contribution in [2.45, 2.75) is 26.3 Å². The molecule has 0 aliphatic carbocycles. The molecule has 1 aromatic carbocycles. The number of aryl methyl sites for hydroxylation is 1. The number of hydrogen-bond acceptors (Lipinski definition) is 1. The molecule has 0 saturated carbocycles. The van der Waals surface area contributed by atoms with Crippen molar-refractivity contribution in [1.29, 1.82) is 0 Å². The van der Waals surface area contributed by atoms with Gasteiger partial charge < -0.3 is 4.42 Å². The summed E-state index contributed by atoms with van der Waals surface area (Å²) in [6.45, 7) is 3.30. The molecule has 2 nitrogen and oxygen atoms in total. The zero-order chi connectivity index (χ0) is 13.1. The van der Waals surface area contributed by atoms with Crippen LogP contribution in [0.4, 0.5) is 0 Å². The zero-order valence-electron chi connectivity index (χ0n) is 11.2. The van der Waals surface area contributed by atoms with Crippen molar-refractivity contribution in [3.63, 3.8) is 0 Å². The second kappa shape index (κ2) is 5.27. The van der Waals surface area contributed by atoms with Crippen LogP contribution in [0.25, 0.3) is 22.1 Å². The molecule has 0 atom stereocenters. The fraction of sp³-hybridized carbons (Fsp3) is 0.235. The average Bonchev–Trinajstić information content (AvgIpc) is 2.90. The van der Waals surface area contributed by atoms with E-state index < -0.39 is 0 Å². The highest BCUT2D eigenvalue weighted by Gasteiger charge is 2.08. The lowest BCUT2D eigenvalue weighted by Crippen LogP contribution is -2.32. The lowest BCUT2D eigenvalue weighted by molar-refractivity contribution is -0.697. The zero-order valence-corrected chi connectivity index (χ0v) is 11.2. The number of aromatic nitrogens is 1. The Kier molecular flexibility index (Phi) is 3.32. The van der Waals surface area contributed by atoms with E-state index in [1.54, 1.807) is 0 Å². The topological polar surface area (TPSA) is 17.0 Å². The minimum absolute atomic E-state index is 0.945. The smallest absolute Gasteiger partial charge is 0.169 e. The largest absolute Gasteiger partial charge is 0.464 e. The standard InChI is InChI=1S/C17H18NO/c1-2-3-10-18-11-8-14(9-12-18)16-13-19-17-7-5-4-6-15(16)17/h4-9,11-13H,2-3,10H2,1H3/q+1. The molecule has 19 heavy (non-hydrogen) atoms. The Hall–Kier alpha value is -2.09. The molecule has 0 N–H and O–H groups in total. The van der Waals surface area contributed by atoms with Gasteiger partial charge in [0.25, 0.3) is 0 Å². The first-order valence-electron chi connectivity index (χ1n) is 6.84. The molecule has 2 heteroatoms. The maximum atomic E-state index is 5.59. The van der Waals surface area contributed by atoms with Crippen molar-refractivity contribution in [2.75, 3.05) is 0 Å². The Morgan fingerprint density at radius 1 is 1.05 bits per heavy atom. The quantitative estimate of drug-likeness (QED) is 0.636. The Labute approximate surface area is 113 Å². The molecule has 96 valence electrons. The number of nitrogens with zero attached hydrogens (tertiary/aromatic N) is 1. The summed E-state index contributed by atoms with van der Waals surface area (Å²) in [5.41, 5.74) is 3.32. The first kappa shape index (κ1) is 12.0. The molecule has 3 rings (SSSR count). The van der Waals surface area contributed by atoms with Crippen molar-refractivity contribution in [3.8, 4) is 11.1 Å². The van der Waals surface area contributed by atoms with E-state index in [0.717, 1.165) is 12.1 Å². The summed E-state index contributed by atoms with van der Waals surface area (Å²) in [6, 6.07) is 12.5. The van der Waals surface area contributed by atoms with Gasteiger partial charge in [-0.3, -0.25) is 0 Å². The highest BCUT2D eigenvalue weighted by atomic mass is 16.3. The fourth-order valence-electron chi connectivity index (χ4n) is 2.33. The summed E-state index contributed by atoms with van der Waals surface area (Å²) >= 11 is 0. The van der Waals surface area contributed by atoms with E-state index in [0.29, 0.717) is 0 Å². The number of benzene rings is 1. The summed E-state index contributed by atoms with van der Waals surface area (Å²) in [5.74, 6) is 0. The van der Waals surface area contributed by atoms with E-state index in [-0.39, 0.29) is 0 Å². The monoisotopic (exact) mass is 252 g/mol. The van der Waals surface area contributed by atoms with Crippen LogP contribution in [0.3, 0.4) is 0 Å². The Morgan fingerprint density at radius 3 is 2.63 bits per heavy atom. The normalized spacial score (nSPS) is 11.0. The average molecular weight is 252 g/mol. The molecule has 0 unspecified atom stereocenters. The summed E-state index contributed by atoms with van der Waals surface area (Å²) in [5, 5.41) is 1.17. The first-order chi connectivity index (χ1) is 9.38. The number of furan rings is 1. The van der Waals surface area contributed by atoms with Gasteiger partial charge in [0.05, 0.1) is 6.26 Å². The van der Waals surface area contributed by atoms with Gasteiger partial charge in [-0.2, -0.15) is 0 Å². The van der Waals surface area contributed by atoms with Crippen LogP contribution in [0.2, 0.25) is 0 Å². The highest BCUT2D eigenvalue weighted by molar-refractivity contribution is 5.93. The van der Waals surface area contributed by atoms with E-state index in [1.165, 1.54) is 29.4 Å². The Morgan fingerprint density at radius 2 is 1.84 bits per heavy atom. The molecule has 2 aromatic heterocycles. The van der Waals surface area contributed by atoms with E-state index in [4.69, 9.17) is 4.42 Å². The van der Waals surface area contributed by atoms with Crippen molar-refractivity contribution < 1.29 is 8.98 Å². The van der Waals surface area contributed by atoms with Gasteiger partial charge in [-0.05, 0) is 11.6 Å². The van der Waals surface area contributed by atoms with Gasteiger partial charge in [-0.1, -0.05) is 31.5 Å². The fourth-order valence-corrected chi connectivity index (χ4v) is 2.33. The number of hydrogen-bond donors (Lipinski definition) is 0. The number of pyridine rings is 1. The third-order valence-electron chi connectivity index (χ3n) is 3.45. The van der Waals surface area contributed by atoms with Crippen LogP contribution in [0.1, 0.15) is 19.8 Å². The lowest BCUT2D eigenvalue weighted by atomic mass is 10.1. The lowest BCUT2D eigenvalue weighted by Gasteiger charge is -1.99. The van der Waals surface area contributed by atoms with E-state index in [9.17, 15) is 0 Å². The van der Waals surface area contributed by atoms with Crippen LogP contribution >= 0.6 is 0 Å². The first-order valence-corrected chi connectivity index (χ1v) is 6.84. The van der Waals surface area contributed by atoms with Crippen molar-refractivity contribution >= 4 is 11.0 Å². The Bertz CT molecular complexity index is 667. The van der Waals surface area contributed by atoms with E-state index in [2.05, 4.69) is 42.1 Å². The molecule has 2 heterocycles. The highest BCUT2D eigenvalue weighted by Crippen LogP contribution is 2.29. The van der Waals surface area contributed by atoms with Gasteiger partial charge in [0.2, 0.25) is 0 Å². The van der Waals surface area contributed by atoms with Gasteiger partial charge in [-0.25, -0.2) is 4.57 Å². The van der Waals surface area contributed by atoms with Crippen LogP contribution in [0.15, 0.2) is 59.5 Å². The molecule has 0 bridgehead atoms. The number of fused-ring (bicyclic) bond motifs is 1. The van der Waals surface area contributed by atoms with Crippen LogP contribution in [0, 0.1) is 0 Å². The molecular weight excluding hydrogens is 234 g/mol. The van der Waals surface area contributed by atoms with Crippen LogP contribution in [0.5, 0.6) is 0 Å². The molecule has 0 radical (unpaired) electrons. The third kappa shape index (κ3) is 2.39. The van der Waals surface area contributed by atoms with Gasteiger partial charge in [0.1, 0.15) is 12.1 Å². The number of para-hydroxylation sites is 1. The van der Waals surface area contributed by atoms with Gasteiger partial charge in [0.15, 0.2) is 12.4 Å². The summed E-state index contributed by atoms with van der Waals surface area (Å²) < 4.78 is 7.82. The second-order valence-electron chi connectivity index (χ2n) is 4.82. The molecule has 0 aliphatic heterocycles. The molecule has 0 spiro atoms. The molecule has 0 aliphatic rings. The van der Waals surface area contributed by atoms with Gasteiger partial charge in [-0.15, -0.1) is 0 Å². The van der Waals surface area contributed by atoms with Crippen LogP contribution in [-0.2, 0) is 6.54 Å². The maximum Gasteiger partial charge on any atom is 0.169 e. The summed E-state index contributed by atoms with van der Waals surface area (Å²) in [4.78, 5) is 0. The van der Waals surface area contributed by atoms with E-state index in [1.807, 2.05) is 24.5 Å². The Balaban J connectivity index is 1.93. The van der Waals surface area contributed by atoms with Gasteiger partial charge in [0, 0.05) is 29.5 Å². The predicted octanol–water partition coefficient (Wildman–Crippen LogP) is 4.19. The minimum atomic E-state index is 0.945. The third-order valence-corrected chi connectivity index (χ3v) is 3.45. The second-order valence-corrected chi connectivity index (χ2v) is 4.82. The SMILES string of the molecule is CCCC[n+]1ccc(-c2coc3ccccc23)cc1. The predicted molar refractivity (Wildman–Crippen MR) is 76.8 cm³/mol. The minimum Gasteiger partial charge on any atom is -0.464 e. The van der Waals surface area contributed by atoms with Crippen LogP contribution < -0.4 is 4.57 Å².